The van der Waals surface area contributed by atoms with Crippen LogP contribution < -0.4 is 4.74 Å². The van der Waals surface area contributed by atoms with Crippen LogP contribution in [-0.4, -0.2) is 59.5 Å². The van der Waals surface area contributed by atoms with Crippen LogP contribution >= 0.6 is 0 Å². The molecular weight excluding hydrogens is 380 g/mol. The second kappa shape index (κ2) is 9.16. The quantitative estimate of drug-likeness (QED) is 0.730. The maximum Gasteiger partial charge on any atom is 0.226 e. The summed E-state index contributed by atoms with van der Waals surface area (Å²) in [4.78, 5) is 14.9. The van der Waals surface area contributed by atoms with Gasteiger partial charge in [-0.25, -0.2) is 0 Å². The molecule has 0 bridgehead atoms. The number of benzene rings is 1. The molecule has 3 heterocycles. The second-order valence-corrected chi connectivity index (χ2v) is 8.59. The number of fused-ring (bicyclic) bond motifs is 1. The minimum atomic E-state index is 0.214. The third-order valence-electron chi connectivity index (χ3n) is 6.84. The van der Waals surface area contributed by atoms with E-state index < -0.39 is 0 Å². The average Bonchev–Trinajstić information content (AvgIpc) is 3.08. The van der Waals surface area contributed by atoms with E-state index in [1.165, 1.54) is 0 Å². The standard InChI is InChI=1S/C23H32N4O3/c1-29-15-7-21-25-24-20-6-8-23(11-14-27(20)21)9-12-26(13-10-23)22(28)17-18-4-3-5-19(16-18)30-2/h3-5,16H,6-15,17H2,1-2H3. The number of carbonyl (C=O) groups is 1. The molecule has 1 aromatic carbocycles. The molecule has 30 heavy (non-hydrogen) atoms. The molecular formula is C23H32N4O3. The summed E-state index contributed by atoms with van der Waals surface area (Å²) >= 11 is 0. The lowest BCUT2D eigenvalue weighted by Gasteiger charge is -2.41. The number of nitrogens with zero attached hydrogens (tertiary/aromatic N) is 4. The molecule has 2 aliphatic rings. The van der Waals surface area contributed by atoms with E-state index in [2.05, 4.69) is 14.8 Å². The Morgan fingerprint density at radius 3 is 2.67 bits per heavy atom. The Morgan fingerprint density at radius 2 is 1.90 bits per heavy atom. The molecule has 1 spiro atoms. The van der Waals surface area contributed by atoms with Crippen LogP contribution in [0.5, 0.6) is 5.75 Å². The zero-order valence-electron chi connectivity index (χ0n) is 18.1. The van der Waals surface area contributed by atoms with Crippen molar-refractivity contribution in [3.05, 3.63) is 41.5 Å². The Hall–Kier alpha value is -2.41. The minimum Gasteiger partial charge on any atom is -0.497 e. The predicted molar refractivity (Wildman–Crippen MR) is 113 cm³/mol. The molecule has 0 atom stereocenters. The Morgan fingerprint density at radius 1 is 1.10 bits per heavy atom. The van der Waals surface area contributed by atoms with Gasteiger partial charge in [0.2, 0.25) is 5.91 Å². The summed E-state index contributed by atoms with van der Waals surface area (Å²) in [5.41, 5.74) is 1.32. The highest BCUT2D eigenvalue weighted by atomic mass is 16.5. The van der Waals surface area contributed by atoms with E-state index in [1.54, 1.807) is 14.2 Å². The largest absolute Gasteiger partial charge is 0.497 e. The number of hydrogen-bond donors (Lipinski definition) is 0. The number of ether oxygens (including phenoxy) is 2. The van der Waals surface area contributed by atoms with Crippen LogP contribution in [0.25, 0.3) is 0 Å². The maximum atomic E-state index is 12.8. The van der Waals surface area contributed by atoms with Crippen LogP contribution in [0.2, 0.25) is 0 Å². The van der Waals surface area contributed by atoms with Gasteiger partial charge in [-0.1, -0.05) is 12.1 Å². The third-order valence-corrected chi connectivity index (χ3v) is 6.84. The van der Waals surface area contributed by atoms with Crippen molar-refractivity contribution < 1.29 is 14.3 Å². The molecule has 1 aromatic heterocycles. The van der Waals surface area contributed by atoms with E-state index in [0.29, 0.717) is 18.4 Å². The van der Waals surface area contributed by atoms with Crippen molar-refractivity contribution in [1.29, 1.82) is 0 Å². The topological polar surface area (TPSA) is 69.5 Å². The highest BCUT2D eigenvalue weighted by Gasteiger charge is 2.37. The molecule has 7 heteroatoms. The summed E-state index contributed by atoms with van der Waals surface area (Å²) in [5.74, 6) is 3.16. The van der Waals surface area contributed by atoms with Crippen LogP contribution in [-0.2, 0) is 35.3 Å². The molecule has 0 radical (unpaired) electrons. The lowest BCUT2D eigenvalue weighted by Crippen LogP contribution is -2.44. The molecule has 7 nitrogen and oxygen atoms in total. The Labute approximate surface area is 178 Å². The van der Waals surface area contributed by atoms with Crippen molar-refractivity contribution >= 4 is 5.91 Å². The number of aryl methyl sites for hydroxylation is 1. The van der Waals surface area contributed by atoms with Gasteiger partial charge in [0.25, 0.3) is 0 Å². The average molecular weight is 413 g/mol. The van der Waals surface area contributed by atoms with Crippen molar-refractivity contribution in [3.63, 3.8) is 0 Å². The van der Waals surface area contributed by atoms with Gasteiger partial charge in [-0.15, -0.1) is 10.2 Å². The number of aromatic nitrogens is 3. The van der Waals surface area contributed by atoms with E-state index >= 15 is 0 Å². The first-order valence-electron chi connectivity index (χ1n) is 10.9. The fraction of sp³-hybridized carbons (Fsp3) is 0.609. The summed E-state index contributed by atoms with van der Waals surface area (Å²) in [6, 6.07) is 7.79. The maximum absolute atomic E-state index is 12.8. The highest BCUT2D eigenvalue weighted by Crippen LogP contribution is 2.41. The number of rotatable bonds is 6. The number of amides is 1. The molecule has 0 N–H and O–H groups in total. The monoisotopic (exact) mass is 412 g/mol. The molecule has 2 aromatic rings. The number of methoxy groups -OCH3 is 2. The summed E-state index contributed by atoms with van der Waals surface area (Å²) in [6.07, 6.45) is 6.63. The van der Waals surface area contributed by atoms with Crippen LogP contribution in [0, 0.1) is 5.41 Å². The first-order chi connectivity index (χ1) is 14.6. The van der Waals surface area contributed by atoms with Gasteiger partial charge in [-0.05, 0) is 48.8 Å². The Bertz CT molecular complexity index is 871. The van der Waals surface area contributed by atoms with Gasteiger partial charge in [0.1, 0.15) is 17.4 Å². The summed E-state index contributed by atoms with van der Waals surface area (Å²) in [7, 11) is 3.37. The first-order valence-corrected chi connectivity index (χ1v) is 10.9. The van der Waals surface area contributed by atoms with Crippen molar-refractivity contribution in [2.75, 3.05) is 33.9 Å². The van der Waals surface area contributed by atoms with E-state index in [-0.39, 0.29) is 5.91 Å². The van der Waals surface area contributed by atoms with Gasteiger partial charge in [-0.2, -0.15) is 0 Å². The number of hydrogen-bond acceptors (Lipinski definition) is 5. The molecule has 0 unspecified atom stereocenters. The summed E-state index contributed by atoms with van der Waals surface area (Å²) in [5, 5.41) is 8.80. The Balaban J connectivity index is 1.33. The first kappa shape index (κ1) is 20.8. The fourth-order valence-electron chi connectivity index (χ4n) is 4.84. The Kier molecular flexibility index (Phi) is 6.37. The molecule has 162 valence electrons. The van der Waals surface area contributed by atoms with Crippen molar-refractivity contribution in [3.8, 4) is 5.75 Å². The highest BCUT2D eigenvalue weighted by molar-refractivity contribution is 5.79. The molecule has 1 saturated heterocycles. The van der Waals surface area contributed by atoms with Gasteiger partial charge >= 0.3 is 0 Å². The minimum absolute atomic E-state index is 0.214. The second-order valence-electron chi connectivity index (χ2n) is 8.59. The van der Waals surface area contributed by atoms with Crippen molar-refractivity contribution in [2.24, 2.45) is 5.41 Å². The van der Waals surface area contributed by atoms with Gasteiger partial charge in [-0.3, -0.25) is 4.79 Å². The number of piperidine rings is 1. The number of carbonyl (C=O) groups excluding carboxylic acids is 1. The van der Waals surface area contributed by atoms with Gasteiger partial charge in [0.05, 0.1) is 20.1 Å². The smallest absolute Gasteiger partial charge is 0.226 e. The summed E-state index contributed by atoms with van der Waals surface area (Å²) in [6.45, 7) is 3.34. The molecule has 2 aliphatic heterocycles. The van der Waals surface area contributed by atoms with E-state index in [9.17, 15) is 4.79 Å². The number of likely N-dealkylation sites (tertiary alicyclic amines) is 1. The van der Waals surface area contributed by atoms with Crippen LogP contribution in [0.4, 0.5) is 0 Å². The zero-order chi connectivity index (χ0) is 21.0. The zero-order valence-corrected chi connectivity index (χ0v) is 18.1. The van der Waals surface area contributed by atoms with E-state index in [0.717, 1.165) is 81.1 Å². The van der Waals surface area contributed by atoms with Crippen molar-refractivity contribution in [2.45, 2.75) is 51.5 Å². The van der Waals surface area contributed by atoms with E-state index in [4.69, 9.17) is 9.47 Å². The SMILES string of the molecule is COCCc1nnc2n1CCC1(CC2)CCN(C(=O)Cc2cccc(OC)c2)CC1. The molecule has 0 aliphatic carbocycles. The third kappa shape index (κ3) is 4.51. The lowest BCUT2D eigenvalue weighted by molar-refractivity contribution is -0.133. The van der Waals surface area contributed by atoms with Crippen LogP contribution in [0.1, 0.15) is 42.9 Å². The lowest BCUT2D eigenvalue weighted by atomic mass is 9.72. The van der Waals surface area contributed by atoms with E-state index in [1.807, 2.05) is 29.2 Å². The predicted octanol–water partition coefficient (Wildman–Crippen LogP) is 2.66. The summed E-state index contributed by atoms with van der Waals surface area (Å²) < 4.78 is 12.8. The molecule has 0 saturated carbocycles. The molecule has 4 rings (SSSR count). The fourth-order valence-corrected chi connectivity index (χ4v) is 4.84. The van der Waals surface area contributed by atoms with Gasteiger partial charge in [0.15, 0.2) is 0 Å². The van der Waals surface area contributed by atoms with Crippen molar-refractivity contribution in [1.82, 2.24) is 19.7 Å². The van der Waals surface area contributed by atoms with Crippen LogP contribution in [0.15, 0.2) is 24.3 Å². The molecule has 1 amide bonds. The van der Waals surface area contributed by atoms with Gasteiger partial charge in [0, 0.05) is 39.6 Å². The molecule has 1 fully saturated rings. The van der Waals surface area contributed by atoms with Gasteiger partial charge < -0.3 is 18.9 Å². The van der Waals surface area contributed by atoms with Crippen LogP contribution in [0.3, 0.4) is 0 Å². The normalized spacial score (nSPS) is 18.1.